The zero-order valence-corrected chi connectivity index (χ0v) is 11.2. The molecule has 2 N–H and O–H groups in total. The molecule has 0 spiro atoms. The summed E-state index contributed by atoms with van der Waals surface area (Å²) in [5.41, 5.74) is 0.741. The molecule has 0 aliphatic carbocycles. The first-order chi connectivity index (χ1) is 8.71. The Morgan fingerprint density at radius 1 is 1.44 bits per heavy atom. The normalized spacial score (nSPS) is 10.9. The maximum atomic E-state index is 11.4. The minimum absolute atomic E-state index is 0.0227. The number of carbonyl (C=O) groups is 1. The Morgan fingerprint density at radius 3 is 2.67 bits per heavy atom. The van der Waals surface area contributed by atoms with Gasteiger partial charge in [-0.2, -0.15) is 0 Å². The van der Waals surface area contributed by atoms with E-state index >= 15 is 0 Å². The first kappa shape index (κ1) is 15.0. The molecule has 0 atom stereocenters. The standard InChI is InChI=1S/C11H18N2O4S/c1-2-17-11(16)10-12-9(8-18-10)7-13(3-5-14)4-6-15/h8,14-15H,2-7H2,1H3. The van der Waals surface area contributed by atoms with E-state index in [1.807, 2.05) is 4.90 Å². The van der Waals surface area contributed by atoms with Crippen LogP contribution in [0.1, 0.15) is 22.4 Å². The SMILES string of the molecule is CCOC(=O)c1nc(CN(CCO)CCO)cs1. The molecule has 102 valence electrons. The number of thiazole rings is 1. The van der Waals surface area contributed by atoms with E-state index in [2.05, 4.69) is 4.98 Å². The van der Waals surface area contributed by atoms with Gasteiger partial charge in [0, 0.05) is 25.0 Å². The van der Waals surface area contributed by atoms with Gasteiger partial charge in [-0.15, -0.1) is 11.3 Å². The van der Waals surface area contributed by atoms with E-state index in [1.165, 1.54) is 11.3 Å². The number of hydrogen-bond acceptors (Lipinski definition) is 7. The van der Waals surface area contributed by atoms with Gasteiger partial charge in [0.2, 0.25) is 5.01 Å². The first-order valence-electron chi connectivity index (χ1n) is 5.76. The number of aliphatic hydroxyl groups is 2. The highest BCUT2D eigenvalue weighted by Gasteiger charge is 2.13. The third kappa shape index (κ3) is 4.69. The molecule has 18 heavy (non-hydrogen) atoms. The van der Waals surface area contributed by atoms with Gasteiger partial charge in [-0.05, 0) is 6.92 Å². The van der Waals surface area contributed by atoms with E-state index in [1.54, 1.807) is 12.3 Å². The summed E-state index contributed by atoms with van der Waals surface area (Å²) < 4.78 is 4.86. The van der Waals surface area contributed by atoms with Crippen LogP contribution in [0.4, 0.5) is 0 Å². The van der Waals surface area contributed by atoms with Crippen molar-refractivity contribution in [3.8, 4) is 0 Å². The lowest BCUT2D eigenvalue weighted by Crippen LogP contribution is -2.29. The van der Waals surface area contributed by atoms with Crippen molar-refractivity contribution in [3.05, 3.63) is 16.1 Å². The largest absolute Gasteiger partial charge is 0.461 e. The number of aromatic nitrogens is 1. The number of rotatable bonds is 8. The number of hydrogen-bond donors (Lipinski definition) is 2. The van der Waals surface area contributed by atoms with Crippen LogP contribution in [0.2, 0.25) is 0 Å². The van der Waals surface area contributed by atoms with Gasteiger partial charge in [0.05, 0.1) is 25.5 Å². The summed E-state index contributed by atoms with van der Waals surface area (Å²) in [5.74, 6) is -0.412. The molecule has 0 aliphatic heterocycles. The van der Waals surface area contributed by atoms with Crippen LogP contribution in [0.25, 0.3) is 0 Å². The van der Waals surface area contributed by atoms with Crippen molar-refractivity contribution in [1.29, 1.82) is 0 Å². The molecule has 0 aliphatic rings. The molecule has 1 heterocycles. The van der Waals surface area contributed by atoms with E-state index < -0.39 is 5.97 Å². The van der Waals surface area contributed by atoms with Crippen LogP contribution in [0.5, 0.6) is 0 Å². The van der Waals surface area contributed by atoms with Crippen LogP contribution in [-0.4, -0.2) is 59.0 Å². The Morgan fingerprint density at radius 2 is 2.11 bits per heavy atom. The van der Waals surface area contributed by atoms with Gasteiger partial charge < -0.3 is 14.9 Å². The lowest BCUT2D eigenvalue weighted by molar-refractivity contribution is 0.0525. The predicted octanol–water partition coefficient (Wildman–Crippen LogP) is 0.106. The van der Waals surface area contributed by atoms with Crippen LogP contribution in [-0.2, 0) is 11.3 Å². The minimum atomic E-state index is -0.412. The van der Waals surface area contributed by atoms with Gasteiger partial charge in [-0.25, -0.2) is 9.78 Å². The average molecular weight is 274 g/mol. The molecule has 0 fully saturated rings. The molecule has 7 heteroatoms. The van der Waals surface area contributed by atoms with E-state index in [9.17, 15) is 4.79 Å². The zero-order chi connectivity index (χ0) is 13.4. The molecule has 0 radical (unpaired) electrons. The fourth-order valence-corrected chi connectivity index (χ4v) is 2.15. The number of ether oxygens (including phenoxy) is 1. The van der Waals surface area contributed by atoms with Crippen molar-refractivity contribution < 1.29 is 19.7 Å². The van der Waals surface area contributed by atoms with Gasteiger partial charge in [0.25, 0.3) is 0 Å². The molecule has 0 saturated carbocycles. The van der Waals surface area contributed by atoms with Crippen molar-refractivity contribution in [2.45, 2.75) is 13.5 Å². The Kier molecular flexibility index (Phi) is 6.81. The van der Waals surface area contributed by atoms with E-state index in [0.717, 1.165) is 5.69 Å². The average Bonchev–Trinajstić information content (AvgIpc) is 2.78. The molecule has 0 amide bonds. The number of aliphatic hydroxyl groups excluding tert-OH is 2. The lowest BCUT2D eigenvalue weighted by Gasteiger charge is -2.18. The van der Waals surface area contributed by atoms with Crippen LogP contribution < -0.4 is 0 Å². The molecule has 6 nitrogen and oxygen atoms in total. The third-order valence-corrected chi connectivity index (χ3v) is 3.09. The molecule has 1 aromatic heterocycles. The van der Waals surface area contributed by atoms with Gasteiger partial charge in [0.15, 0.2) is 0 Å². The predicted molar refractivity (Wildman–Crippen MR) is 67.5 cm³/mol. The highest BCUT2D eigenvalue weighted by atomic mass is 32.1. The van der Waals surface area contributed by atoms with Crippen molar-refractivity contribution in [1.82, 2.24) is 9.88 Å². The molecule has 0 bridgehead atoms. The summed E-state index contributed by atoms with van der Waals surface area (Å²) in [6.07, 6.45) is 0. The van der Waals surface area contributed by atoms with E-state index in [0.29, 0.717) is 31.2 Å². The Labute approximate surface area is 110 Å². The Balaban J connectivity index is 2.58. The second kappa shape index (κ2) is 8.15. The molecule has 1 aromatic rings. The van der Waals surface area contributed by atoms with Gasteiger partial charge in [0.1, 0.15) is 0 Å². The molecule has 1 rings (SSSR count). The summed E-state index contributed by atoms with van der Waals surface area (Å²) >= 11 is 1.24. The summed E-state index contributed by atoms with van der Waals surface area (Å²) in [6, 6.07) is 0. The fraction of sp³-hybridized carbons (Fsp3) is 0.636. The minimum Gasteiger partial charge on any atom is -0.461 e. The van der Waals surface area contributed by atoms with Crippen LogP contribution in [0.15, 0.2) is 5.38 Å². The first-order valence-corrected chi connectivity index (χ1v) is 6.64. The molecular weight excluding hydrogens is 256 g/mol. The molecular formula is C11H18N2O4S. The van der Waals surface area contributed by atoms with E-state index in [4.69, 9.17) is 14.9 Å². The number of carbonyl (C=O) groups excluding carboxylic acids is 1. The third-order valence-electron chi connectivity index (χ3n) is 2.22. The lowest BCUT2D eigenvalue weighted by atomic mass is 10.4. The highest BCUT2D eigenvalue weighted by Crippen LogP contribution is 2.12. The zero-order valence-electron chi connectivity index (χ0n) is 10.3. The molecule has 0 saturated heterocycles. The summed E-state index contributed by atoms with van der Waals surface area (Å²) in [4.78, 5) is 17.5. The molecule has 0 aromatic carbocycles. The second-order valence-electron chi connectivity index (χ2n) is 3.59. The maximum Gasteiger partial charge on any atom is 0.367 e. The van der Waals surface area contributed by atoms with Crippen LogP contribution >= 0.6 is 11.3 Å². The highest BCUT2D eigenvalue weighted by molar-refractivity contribution is 7.11. The summed E-state index contributed by atoms with van der Waals surface area (Å²) in [5, 5.41) is 19.9. The van der Waals surface area contributed by atoms with Gasteiger partial charge >= 0.3 is 5.97 Å². The Hall–Kier alpha value is -1.02. The monoisotopic (exact) mass is 274 g/mol. The number of esters is 1. The maximum absolute atomic E-state index is 11.4. The summed E-state index contributed by atoms with van der Waals surface area (Å²) in [7, 11) is 0. The van der Waals surface area contributed by atoms with E-state index in [-0.39, 0.29) is 13.2 Å². The number of nitrogens with zero attached hydrogens (tertiary/aromatic N) is 2. The topological polar surface area (TPSA) is 82.9 Å². The second-order valence-corrected chi connectivity index (χ2v) is 4.45. The Bertz CT molecular complexity index is 364. The quantitative estimate of drug-likeness (QED) is 0.655. The smallest absolute Gasteiger partial charge is 0.367 e. The van der Waals surface area contributed by atoms with Crippen LogP contribution in [0.3, 0.4) is 0 Å². The molecule has 0 unspecified atom stereocenters. The van der Waals surface area contributed by atoms with Gasteiger partial charge in [-0.1, -0.05) is 0 Å². The summed E-state index contributed by atoms with van der Waals surface area (Å²) in [6.45, 7) is 3.55. The van der Waals surface area contributed by atoms with Gasteiger partial charge in [-0.3, -0.25) is 4.90 Å². The van der Waals surface area contributed by atoms with Crippen molar-refractivity contribution in [2.24, 2.45) is 0 Å². The van der Waals surface area contributed by atoms with Crippen molar-refractivity contribution in [2.75, 3.05) is 32.9 Å². The van der Waals surface area contributed by atoms with Crippen LogP contribution in [0, 0.1) is 0 Å². The fourth-order valence-electron chi connectivity index (χ4n) is 1.45. The van der Waals surface area contributed by atoms with Crippen molar-refractivity contribution in [3.63, 3.8) is 0 Å². The van der Waals surface area contributed by atoms with Crippen molar-refractivity contribution >= 4 is 17.3 Å².